The summed E-state index contributed by atoms with van der Waals surface area (Å²) in [4.78, 5) is 16.3. The first-order chi connectivity index (χ1) is 7.56. The van der Waals surface area contributed by atoms with Gasteiger partial charge in [0.1, 0.15) is 0 Å². The van der Waals surface area contributed by atoms with Crippen LogP contribution < -0.4 is 5.73 Å². The summed E-state index contributed by atoms with van der Waals surface area (Å²) >= 11 is 1.81. The van der Waals surface area contributed by atoms with Crippen molar-refractivity contribution in [2.45, 2.75) is 38.8 Å². The van der Waals surface area contributed by atoms with Crippen LogP contribution in [0.3, 0.4) is 0 Å². The van der Waals surface area contributed by atoms with E-state index >= 15 is 0 Å². The van der Waals surface area contributed by atoms with Crippen LogP contribution in [-0.4, -0.2) is 29.4 Å². The third kappa shape index (κ3) is 2.44. The molecule has 2 N–H and O–H groups in total. The number of thiophene rings is 1. The molecule has 88 valence electrons. The summed E-state index contributed by atoms with van der Waals surface area (Å²) in [6.07, 6.45) is 1.45. The molecule has 2 rings (SSSR count). The van der Waals surface area contributed by atoms with E-state index in [-0.39, 0.29) is 18.0 Å². The molecule has 2 atom stereocenters. The van der Waals surface area contributed by atoms with Crippen molar-refractivity contribution in [2.24, 2.45) is 5.73 Å². The second-order valence-corrected chi connectivity index (χ2v) is 5.95. The van der Waals surface area contributed by atoms with Gasteiger partial charge in [-0.3, -0.25) is 4.79 Å². The van der Waals surface area contributed by atoms with E-state index in [2.05, 4.69) is 26.0 Å². The van der Waals surface area contributed by atoms with Crippen molar-refractivity contribution in [3.63, 3.8) is 0 Å². The largest absolute Gasteiger partial charge is 0.338 e. The Morgan fingerprint density at radius 1 is 1.62 bits per heavy atom. The fourth-order valence-electron chi connectivity index (χ4n) is 2.18. The van der Waals surface area contributed by atoms with Crippen molar-refractivity contribution in [1.82, 2.24) is 4.90 Å². The van der Waals surface area contributed by atoms with Crippen molar-refractivity contribution >= 4 is 17.2 Å². The Bertz CT molecular complexity index is 388. The molecule has 1 fully saturated rings. The summed E-state index contributed by atoms with van der Waals surface area (Å²) in [5.41, 5.74) is 5.79. The first-order valence-electron chi connectivity index (χ1n) is 5.66. The molecule has 0 saturated carbocycles. The third-order valence-electron chi connectivity index (χ3n) is 3.01. The van der Waals surface area contributed by atoms with E-state index in [1.807, 2.05) is 16.2 Å². The van der Waals surface area contributed by atoms with Gasteiger partial charge in [-0.15, -0.1) is 11.3 Å². The Balaban J connectivity index is 1.98. The smallest absolute Gasteiger partial charge is 0.224 e. The summed E-state index contributed by atoms with van der Waals surface area (Å²) < 4.78 is 0. The first kappa shape index (κ1) is 11.6. The number of aryl methyl sites for hydroxylation is 1. The van der Waals surface area contributed by atoms with Crippen LogP contribution in [0.15, 0.2) is 12.1 Å². The number of amides is 1. The van der Waals surface area contributed by atoms with Crippen LogP contribution in [0.1, 0.15) is 23.1 Å². The molecule has 16 heavy (non-hydrogen) atoms. The summed E-state index contributed by atoms with van der Waals surface area (Å²) in [7, 11) is 0. The maximum Gasteiger partial charge on any atom is 0.224 e. The van der Waals surface area contributed by atoms with Gasteiger partial charge in [0, 0.05) is 41.2 Å². The van der Waals surface area contributed by atoms with Gasteiger partial charge >= 0.3 is 0 Å². The Kier molecular flexibility index (Phi) is 3.30. The lowest BCUT2D eigenvalue weighted by Gasteiger charge is -2.24. The van der Waals surface area contributed by atoms with Crippen molar-refractivity contribution in [1.29, 1.82) is 0 Å². The normalized spacial score (nSPS) is 22.8. The van der Waals surface area contributed by atoms with E-state index in [0.717, 1.165) is 6.42 Å². The molecule has 0 spiro atoms. The van der Waals surface area contributed by atoms with Crippen LogP contribution in [0, 0.1) is 6.92 Å². The predicted molar refractivity (Wildman–Crippen MR) is 66.5 cm³/mol. The van der Waals surface area contributed by atoms with Crippen LogP contribution >= 0.6 is 11.3 Å². The zero-order chi connectivity index (χ0) is 11.7. The number of carbonyl (C=O) groups excluding carboxylic acids is 1. The van der Waals surface area contributed by atoms with Crippen LogP contribution in [0.4, 0.5) is 0 Å². The molecule has 3 nitrogen and oxygen atoms in total. The maximum atomic E-state index is 11.7. The molecule has 1 aromatic rings. The molecule has 1 aliphatic heterocycles. The number of nitrogens with zero attached hydrogens (tertiary/aromatic N) is 1. The van der Waals surface area contributed by atoms with Crippen LogP contribution in [0.25, 0.3) is 0 Å². The van der Waals surface area contributed by atoms with Gasteiger partial charge in [0.25, 0.3) is 0 Å². The Labute approximate surface area is 100 Å². The maximum absolute atomic E-state index is 11.7. The van der Waals surface area contributed by atoms with E-state index < -0.39 is 0 Å². The quantitative estimate of drug-likeness (QED) is 0.868. The number of hydrogen-bond acceptors (Lipinski definition) is 3. The molecule has 0 aromatic carbocycles. The van der Waals surface area contributed by atoms with Gasteiger partial charge in [0.05, 0.1) is 0 Å². The number of carbonyl (C=O) groups is 1. The van der Waals surface area contributed by atoms with Gasteiger partial charge in [0.2, 0.25) is 5.91 Å². The monoisotopic (exact) mass is 238 g/mol. The second-order valence-electron chi connectivity index (χ2n) is 4.58. The Hall–Kier alpha value is -0.870. The van der Waals surface area contributed by atoms with Crippen molar-refractivity contribution in [2.75, 3.05) is 6.54 Å². The predicted octanol–water partition coefficient (Wildman–Crippen LogP) is 1.55. The lowest BCUT2D eigenvalue weighted by atomic mass is 10.2. The van der Waals surface area contributed by atoms with Gasteiger partial charge in [-0.05, 0) is 26.0 Å². The SMILES string of the molecule is Cc1ccc(CC(C)N2CC(N)CC2=O)s1. The van der Waals surface area contributed by atoms with Crippen LogP contribution in [0.5, 0.6) is 0 Å². The number of rotatable bonds is 3. The molecule has 4 heteroatoms. The molecule has 1 saturated heterocycles. The van der Waals surface area contributed by atoms with Gasteiger partial charge in [-0.2, -0.15) is 0 Å². The highest BCUT2D eigenvalue weighted by atomic mass is 32.1. The minimum absolute atomic E-state index is 0.0278. The van der Waals surface area contributed by atoms with E-state index in [1.165, 1.54) is 9.75 Å². The number of hydrogen-bond donors (Lipinski definition) is 1. The van der Waals surface area contributed by atoms with Gasteiger partial charge in [-0.1, -0.05) is 0 Å². The highest BCUT2D eigenvalue weighted by molar-refractivity contribution is 7.11. The molecule has 0 radical (unpaired) electrons. The molecule has 1 aromatic heterocycles. The standard InChI is InChI=1S/C12H18N2OS/c1-8(5-11-4-3-9(2)16-11)14-7-10(13)6-12(14)15/h3-4,8,10H,5-7,13H2,1-2H3. The van der Waals surface area contributed by atoms with Crippen molar-refractivity contribution in [3.05, 3.63) is 21.9 Å². The van der Waals surface area contributed by atoms with E-state index in [1.54, 1.807) is 0 Å². The average Bonchev–Trinajstić information content (AvgIpc) is 2.73. The second kappa shape index (κ2) is 4.55. The molecule has 1 aliphatic rings. The molecular weight excluding hydrogens is 220 g/mol. The zero-order valence-electron chi connectivity index (χ0n) is 9.77. The van der Waals surface area contributed by atoms with E-state index in [9.17, 15) is 4.79 Å². The summed E-state index contributed by atoms with van der Waals surface area (Å²) in [5.74, 6) is 0.202. The van der Waals surface area contributed by atoms with E-state index in [0.29, 0.717) is 13.0 Å². The summed E-state index contributed by atoms with van der Waals surface area (Å²) in [6, 6.07) is 4.57. The fraction of sp³-hybridized carbons (Fsp3) is 0.583. The van der Waals surface area contributed by atoms with Crippen molar-refractivity contribution < 1.29 is 4.79 Å². The molecule has 2 unspecified atom stereocenters. The van der Waals surface area contributed by atoms with Crippen molar-refractivity contribution in [3.8, 4) is 0 Å². The highest BCUT2D eigenvalue weighted by Crippen LogP contribution is 2.21. The molecular formula is C12H18N2OS. The Morgan fingerprint density at radius 2 is 2.38 bits per heavy atom. The van der Waals surface area contributed by atoms with Gasteiger partial charge in [0.15, 0.2) is 0 Å². The first-order valence-corrected chi connectivity index (χ1v) is 6.48. The number of likely N-dealkylation sites (tertiary alicyclic amines) is 1. The number of nitrogens with two attached hydrogens (primary N) is 1. The minimum Gasteiger partial charge on any atom is -0.338 e. The lowest BCUT2D eigenvalue weighted by Crippen LogP contribution is -2.37. The Morgan fingerprint density at radius 3 is 2.88 bits per heavy atom. The lowest BCUT2D eigenvalue weighted by molar-refractivity contribution is -0.129. The van der Waals surface area contributed by atoms with Crippen LogP contribution in [0.2, 0.25) is 0 Å². The van der Waals surface area contributed by atoms with Crippen LogP contribution in [-0.2, 0) is 11.2 Å². The minimum atomic E-state index is 0.0278. The summed E-state index contributed by atoms with van der Waals surface area (Å²) in [6.45, 7) is 4.92. The topological polar surface area (TPSA) is 46.3 Å². The molecule has 0 bridgehead atoms. The molecule has 0 aliphatic carbocycles. The van der Waals surface area contributed by atoms with E-state index in [4.69, 9.17) is 5.73 Å². The molecule has 2 heterocycles. The third-order valence-corrected chi connectivity index (χ3v) is 4.04. The summed E-state index contributed by atoms with van der Waals surface area (Å²) in [5, 5.41) is 0. The zero-order valence-corrected chi connectivity index (χ0v) is 10.6. The fourth-order valence-corrected chi connectivity index (χ4v) is 3.19. The highest BCUT2D eigenvalue weighted by Gasteiger charge is 2.30. The van der Waals surface area contributed by atoms with Gasteiger partial charge in [-0.25, -0.2) is 0 Å². The molecule has 1 amide bonds. The van der Waals surface area contributed by atoms with Gasteiger partial charge < -0.3 is 10.6 Å². The average molecular weight is 238 g/mol.